The van der Waals surface area contributed by atoms with Crippen LogP contribution in [0.15, 0.2) is 18.5 Å². The number of rotatable bonds is 4. The van der Waals surface area contributed by atoms with Gasteiger partial charge in [-0.1, -0.05) is 19.3 Å². The van der Waals surface area contributed by atoms with Crippen molar-refractivity contribution in [2.24, 2.45) is 5.41 Å². The highest BCUT2D eigenvalue weighted by molar-refractivity contribution is 5.55. The molecule has 2 rings (SSSR count). The van der Waals surface area contributed by atoms with Gasteiger partial charge < -0.3 is 10.4 Å². The Balaban J connectivity index is 2.03. The van der Waals surface area contributed by atoms with Crippen molar-refractivity contribution in [3.8, 4) is 6.07 Å². The van der Waals surface area contributed by atoms with Crippen LogP contribution in [0, 0.1) is 16.7 Å². The highest BCUT2D eigenvalue weighted by Crippen LogP contribution is 2.36. The van der Waals surface area contributed by atoms with Gasteiger partial charge in [0.15, 0.2) is 0 Å². The molecule has 0 aromatic carbocycles. The van der Waals surface area contributed by atoms with E-state index >= 15 is 0 Å². The maximum absolute atomic E-state index is 9.63. The third-order valence-electron chi connectivity index (χ3n) is 3.84. The largest absolute Gasteiger partial charge is 0.396 e. The van der Waals surface area contributed by atoms with Crippen molar-refractivity contribution in [1.29, 1.82) is 5.26 Å². The van der Waals surface area contributed by atoms with Gasteiger partial charge in [-0.25, -0.2) is 0 Å². The van der Waals surface area contributed by atoms with Gasteiger partial charge in [0.2, 0.25) is 0 Å². The van der Waals surface area contributed by atoms with Gasteiger partial charge >= 0.3 is 0 Å². The number of pyridine rings is 1. The SMILES string of the molecule is N#Cc1ccncc1NCC1(CO)CCCCC1. The lowest BCUT2D eigenvalue weighted by molar-refractivity contribution is 0.0944. The van der Waals surface area contributed by atoms with E-state index in [0.29, 0.717) is 12.1 Å². The van der Waals surface area contributed by atoms with Gasteiger partial charge in [0.1, 0.15) is 6.07 Å². The van der Waals surface area contributed by atoms with Crippen molar-refractivity contribution in [2.75, 3.05) is 18.5 Å². The Morgan fingerprint density at radius 1 is 1.39 bits per heavy atom. The Morgan fingerprint density at radius 3 is 2.83 bits per heavy atom. The second-order valence-electron chi connectivity index (χ2n) is 5.11. The molecule has 1 aromatic rings. The first-order valence-corrected chi connectivity index (χ1v) is 6.48. The molecule has 1 aliphatic carbocycles. The van der Waals surface area contributed by atoms with Crippen LogP contribution in [0.2, 0.25) is 0 Å². The maximum Gasteiger partial charge on any atom is 0.101 e. The van der Waals surface area contributed by atoms with E-state index in [-0.39, 0.29) is 12.0 Å². The minimum Gasteiger partial charge on any atom is -0.396 e. The lowest BCUT2D eigenvalue weighted by Crippen LogP contribution is -2.35. The predicted molar refractivity (Wildman–Crippen MR) is 70.0 cm³/mol. The van der Waals surface area contributed by atoms with Crippen molar-refractivity contribution in [3.63, 3.8) is 0 Å². The molecule has 0 radical (unpaired) electrons. The quantitative estimate of drug-likeness (QED) is 0.854. The summed E-state index contributed by atoms with van der Waals surface area (Å²) in [7, 11) is 0. The van der Waals surface area contributed by atoms with Crippen LogP contribution in [0.25, 0.3) is 0 Å². The van der Waals surface area contributed by atoms with E-state index in [9.17, 15) is 5.11 Å². The van der Waals surface area contributed by atoms with E-state index in [1.54, 1.807) is 18.5 Å². The van der Waals surface area contributed by atoms with Crippen molar-refractivity contribution in [1.82, 2.24) is 4.98 Å². The number of aliphatic hydroxyl groups excluding tert-OH is 1. The van der Waals surface area contributed by atoms with Crippen molar-refractivity contribution in [3.05, 3.63) is 24.0 Å². The molecule has 0 unspecified atom stereocenters. The molecule has 2 N–H and O–H groups in total. The second-order valence-corrected chi connectivity index (χ2v) is 5.11. The number of nitrogens with zero attached hydrogens (tertiary/aromatic N) is 2. The monoisotopic (exact) mass is 245 g/mol. The van der Waals surface area contributed by atoms with Crippen molar-refractivity contribution < 1.29 is 5.11 Å². The molecule has 0 aliphatic heterocycles. The summed E-state index contributed by atoms with van der Waals surface area (Å²) < 4.78 is 0. The Labute approximate surface area is 108 Å². The first-order chi connectivity index (χ1) is 8.79. The van der Waals surface area contributed by atoms with Gasteiger partial charge in [0, 0.05) is 18.2 Å². The number of hydrogen-bond acceptors (Lipinski definition) is 4. The number of aromatic nitrogens is 1. The van der Waals surface area contributed by atoms with Crippen molar-refractivity contribution >= 4 is 5.69 Å². The van der Waals surface area contributed by atoms with Gasteiger partial charge in [-0.2, -0.15) is 5.26 Å². The van der Waals surface area contributed by atoms with Crippen LogP contribution in [0.5, 0.6) is 0 Å². The average molecular weight is 245 g/mol. The van der Waals surface area contributed by atoms with Gasteiger partial charge in [0.25, 0.3) is 0 Å². The fraction of sp³-hybridized carbons (Fsp3) is 0.571. The molecule has 1 aliphatic rings. The van der Waals surface area contributed by atoms with Gasteiger partial charge in [-0.3, -0.25) is 4.98 Å². The summed E-state index contributed by atoms with van der Waals surface area (Å²) in [5.74, 6) is 0. The molecule has 4 nitrogen and oxygen atoms in total. The number of nitrogens with one attached hydrogen (secondary N) is 1. The Hall–Kier alpha value is -1.60. The molecular formula is C14H19N3O. The second kappa shape index (κ2) is 5.83. The van der Waals surface area contributed by atoms with Crippen LogP contribution in [-0.2, 0) is 0 Å². The zero-order chi connectivity index (χ0) is 12.8. The molecule has 0 spiro atoms. The third-order valence-corrected chi connectivity index (χ3v) is 3.84. The van der Waals surface area contributed by atoms with Crippen LogP contribution >= 0.6 is 0 Å². The summed E-state index contributed by atoms with van der Waals surface area (Å²) >= 11 is 0. The summed E-state index contributed by atoms with van der Waals surface area (Å²) in [6, 6.07) is 3.85. The van der Waals surface area contributed by atoms with E-state index < -0.39 is 0 Å². The number of nitriles is 1. The van der Waals surface area contributed by atoms with Gasteiger partial charge in [-0.05, 0) is 18.9 Å². The van der Waals surface area contributed by atoms with Crippen LogP contribution in [0.3, 0.4) is 0 Å². The third kappa shape index (κ3) is 2.80. The Bertz CT molecular complexity index is 433. The lowest BCUT2D eigenvalue weighted by Gasteiger charge is -2.36. The van der Waals surface area contributed by atoms with E-state index in [1.165, 1.54) is 19.3 Å². The fourth-order valence-corrected chi connectivity index (χ4v) is 2.61. The molecule has 0 amide bonds. The van der Waals surface area contributed by atoms with E-state index in [0.717, 1.165) is 18.5 Å². The van der Waals surface area contributed by atoms with Crippen LogP contribution in [-0.4, -0.2) is 23.2 Å². The van der Waals surface area contributed by atoms with Crippen LogP contribution < -0.4 is 5.32 Å². The molecule has 1 saturated carbocycles. The first kappa shape index (κ1) is 12.8. The predicted octanol–water partition coefficient (Wildman–Crippen LogP) is 2.31. The fourth-order valence-electron chi connectivity index (χ4n) is 2.61. The molecule has 18 heavy (non-hydrogen) atoms. The van der Waals surface area contributed by atoms with Crippen LogP contribution in [0.4, 0.5) is 5.69 Å². The van der Waals surface area contributed by atoms with Crippen LogP contribution in [0.1, 0.15) is 37.7 Å². The smallest absolute Gasteiger partial charge is 0.101 e. The molecule has 4 heteroatoms. The molecule has 0 bridgehead atoms. The zero-order valence-corrected chi connectivity index (χ0v) is 10.5. The minimum atomic E-state index is -0.0270. The average Bonchev–Trinajstić information content (AvgIpc) is 2.46. The molecule has 0 saturated heterocycles. The van der Waals surface area contributed by atoms with E-state index in [2.05, 4.69) is 16.4 Å². The summed E-state index contributed by atoms with van der Waals surface area (Å²) in [5, 5.41) is 21.9. The standard InChI is InChI=1S/C14H19N3O/c15-8-12-4-7-16-9-13(12)17-10-14(11-18)5-2-1-3-6-14/h4,7,9,17-18H,1-3,5-6,10-11H2. The zero-order valence-electron chi connectivity index (χ0n) is 10.5. The van der Waals surface area contributed by atoms with Gasteiger partial charge in [0.05, 0.1) is 24.1 Å². The lowest BCUT2D eigenvalue weighted by atomic mass is 9.74. The van der Waals surface area contributed by atoms with Crippen molar-refractivity contribution in [2.45, 2.75) is 32.1 Å². The summed E-state index contributed by atoms with van der Waals surface area (Å²) in [4.78, 5) is 4.03. The molecule has 1 fully saturated rings. The molecule has 1 heterocycles. The molecular weight excluding hydrogens is 226 g/mol. The summed E-state index contributed by atoms with van der Waals surface area (Å²) in [6.45, 7) is 0.923. The highest BCUT2D eigenvalue weighted by atomic mass is 16.3. The highest BCUT2D eigenvalue weighted by Gasteiger charge is 2.31. The number of aliphatic hydroxyl groups is 1. The molecule has 1 aromatic heterocycles. The summed E-state index contributed by atoms with van der Waals surface area (Å²) in [6.07, 6.45) is 9.02. The molecule has 0 atom stereocenters. The molecule has 96 valence electrons. The minimum absolute atomic E-state index is 0.0270. The normalized spacial score (nSPS) is 18.0. The maximum atomic E-state index is 9.63. The first-order valence-electron chi connectivity index (χ1n) is 6.48. The van der Waals surface area contributed by atoms with E-state index in [1.807, 2.05) is 0 Å². The Kier molecular flexibility index (Phi) is 4.16. The number of hydrogen-bond donors (Lipinski definition) is 2. The summed E-state index contributed by atoms with van der Waals surface area (Å²) in [5.41, 5.74) is 1.34. The van der Waals surface area contributed by atoms with Gasteiger partial charge in [-0.15, -0.1) is 0 Å². The Morgan fingerprint density at radius 2 is 2.17 bits per heavy atom. The number of anilines is 1. The van der Waals surface area contributed by atoms with E-state index in [4.69, 9.17) is 5.26 Å². The topological polar surface area (TPSA) is 68.9 Å².